The van der Waals surface area contributed by atoms with Gasteiger partial charge >= 0.3 is 0 Å². The smallest absolute Gasteiger partial charge is 0.123 e. The molecule has 0 saturated carbocycles. The van der Waals surface area contributed by atoms with Crippen molar-refractivity contribution in [1.82, 2.24) is 4.98 Å². The molecule has 1 atom stereocenters. The number of nitrogens with two attached hydrogens (primary N) is 1. The van der Waals surface area contributed by atoms with Crippen LogP contribution in [0.2, 0.25) is 0 Å². The van der Waals surface area contributed by atoms with Gasteiger partial charge in [-0.15, -0.1) is 11.3 Å². The SMILES string of the molecule is NC(Cc1nc(-c2ccc(F)cc2)cs1)c1ccccc1. The van der Waals surface area contributed by atoms with Crippen molar-refractivity contribution in [2.24, 2.45) is 5.73 Å². The summed E-state index contributed by atoms with van der Waals surface area (Å²) < 4.78 is 12.9. The first-order chi connectivity index (χ1) is 10.2. The summed E-state index contributed by atoms with van der Waals surface area (Å²) in [7, 11) is 0. The summed E-state index contributed by atoms with van der Waals surface area (Å²) in [5.74, 6) is -0.236. The summed E-state index contributed by atoms with van der Waals surface area (Å²) in [4.78, 5) is 4.59. The molecule has 0 fully saturated rings. The van der Waals surface area contributed by atoms with E-state index >= 15 is 0 Å². The van der Waals surface area contributed by atoms with E-state index in [9.17, 15) is 4.39 Å². The molecule has 1 aromatic heterocycles. The zero-order chi connectivity index (χ0) is 14.7. The van der Waals surface area contributed by atoms with Crippen molar-refractivity contribution in [3.05, 3.63) is 76.4 Å². The number of aromatic nitrogens is 1. The third-order valence-electron chi connectivity index (χ3n) is 3.31. The van der Waals surface area contributed by atoms with Crippen molar-refractivity contribution in [3.8, 4) is 11.3 Å². The normalized spacial score (nSPS) is 12.3. The van der Waals surface area contributed by atoms with Crippen LogP contribution in [0.4, 0.5) is 4.39 Å². The van der Waals surface area contributed by atoms with Gasteiger partial charge in [0.1, 0.15) is 5.82 Å². The standard InChI is InChI=1S/C17H15FN2S/c18-14-8-6-13(7-9-14)16-11-21-17(20-16)10-15(19)12-4-2-1-3-5-12/h1-9,11,15H,10,19H2. The molecule has 0 radical (unpaired) electrons. The van der Waals surface area contributed by atoms with E-state index in [0.29, 0.717) is 6.42 Å². The Labute approximate surface area is 127 Å². The molecular formula is C17H15FN2S. The van der Waals surface area contributed by atoms with Crippen LogP contribution >= 0.6 is 11.3 Å². The highest BCUT2D eigenvalue weighted by molar-refractivity contribution is 7.09. The number of hydrogen-bond acceptors (Lipinski definition) is 3. The second kappa shape index (κ2) is 6.16. The highest BCUT2D eigenvalue weighted by Gasteiger charge is 2.10. The molecule has 0 spiro atoms. The maximum Gasteiger partial charge on any atom is 0.123 e. The molecule has 1 unspecified atom stereocenters. The van der Waals surface area contributed by atoms with Crippen LogP contribution in [0.3, 0.4) is 0 Å². The zero-order valence-corrected chi connectivity index (χ0v) is 12.2. The lowest BCUT2D eigenvalue weighted by Gasteiger charge is -2.09. The second-order valence-corrected chi connectivity index (χ2v) is 5.80. The highest BCUT2D eigenvalue weighted by atomic mass is 32.1. The van der Waals surface area contributed by atoms with Crippen LogP contribution in [-0.4, -0.2) is 4.98 Å². The molecule has 2 nitrogen and oxygen atoms in total. The third kappa shape index (κ3) is 3.35. The molecule has 0 amide bonds. The van der Waals surface area contributed by atoms with E-state index in [-0.39, 0.29) is 11.9 Å². The molecule has 4 heteroatoms. The lowest BCUT2D eigenvalue weighted by atomic mass is 10.1. The topological polar surface area (TPSA) is 38.9 Å². The largest absolute Gasteiger partial charge is 0.324 e. The average molecular weight is 298 g/mol. The summed E-state index contributed by atoms with van der Waals surface area (Å²) in [5, 5.41) is 2.98. The van der Waals surface area contributed by atoms with Crippen molar-refractivity contribution < 1.29 is 4.39 Å². The minimum Gasteiger partial charge on any atom is -0.324 e. The summed E-state index contributed by atoms with van der Waals surface area (Å²) >= 11 is 1.59. The fourth-order valence-corrected chi connectivity index (χ4v) is 3.03. The van der Waals surface area contributed by atoms with Gasteiger partial charge in [-0.25, -0.2) is 9.37 Å². The molecule has 106 valence electrons. The van der Waals surface area contributed by atoms with E-state index in [0.717, 1.165) is 21.8 Å². The lowest BCUT2D eigenvalue weighted by molar-refractivity contribution is 0.628. The van der Waals surface area contributed by atoms with E-state index < -0.39 is 0 Å². The minimum absolute atomic E-state index is 0.0570. The molecule has 0 aliphatic rings. The summed E-state index contributed by atoms with van der Waals surface area (Å²) in [6.07, 6.45) is 0.704. The maximum absolute atomic E-state index is 12.9. The number of benzene rings is 2. The third-order valence-corrected chi connectivity index (χ3v) is 4.19. The van der Waals surface area contributed by atoms with Gasteiger partial charge < -0.3 is 5.73 Å². The van der Waals surface area contributed by atoms with Gasteiger partial charge in [0.15, 0.2) is 0 Å². The van der Waals surface area contributed by atoms with Crippen LogP contribution < -0.4 is 5.73 Å². The van der Waals surface area contributed by atoms with Crippen molar-refractivity contribution >= 4 is 11.3 Å². The molecule has 2 aromatic carbocycles. The fourth-order valence-electron chi connectivity index (χ4n) is 2.16. The summed E-state index contributed by atoms with van der Waals surface area (Å²) in [6, 6.07) is 16.3. The number of nitrogens with zero attached hydrogens (tertiary/aromatic N) is 1. The Bertz CT molecular complexity index is 707. The Morgan fingerprint density at radius 3 is 2.48 bits per heavy atom. The predicted octanol–water partition coefficient (Wildman–Crippen LogP) is 4.19. The van der Waals surface area contributed by atoms with Crippen LogP contribution in [0.15, 0.2) is 60.0 Å². The van der Waals surface area contributed by atoms with E-state index in [1.165, 1.54) is 12.1 Å². The van der Waals surface area contributed by atoms with Gasteiger partial charge in [-0.3, -0.25) is 0 Å². The molecule has 0 bridgehead atoms. The quantitative estimate of drug-likeness (QED) is 0.784. The molecule has 1 heterocycles. The molecule has 3 aromatic rings. The molecule has 21 heavy (non-hydrogen) atoms. The van der Waals surface area contributed by atoms with Crippen molar-refractivity contribution in [2.45, 2.75) is 12.5 Å². The Morgan fingerprint density at radius 2 is 1.76 bits per heavy atom. The number of halogens is 1. The van der Waals surface area contributed by atoms with Crippen molar-refractivity contribution in [3.63, 3.8) is 0 Å². The number of rotatable bonds is 4. The lowest BCUT2D eigenvalue weighted by Crippen LogP contribution is -2.12. The Morgan fingerprint density at radius 1 is 1.05 bits per heavy atom. The summed E-state index contributed by atoms with van der Waals surface area (Å²) in [6.45, 7) is 0. The Balaban J connectivity index is 1.75. The average Bonchev–Trinajstić information content (AvgIpc) is 2.97. The van der Waals surface area contributed by atoms with Gasteiger partial charge in [-0.2, -0.15) is 0 Å². The first-order valence-corrected chi connectivity index (χ1v) is 7.61. The highest BCUT2D eigenvalue weighted by Crippen LogP contribution is 2.25. The van der Waals surface area contributed by atoms with Crippen molar-refractivity contribution in [2.75, 3.05) is 0 Å². The van der Waals surface area contributed by atoms with Gasteiger partial charge in [0.2, 0.25) is 0 Å². The van der Waals surface area contributed by atoms with Crippen molar-refractivity contribution in [1.29, 1.82) is 0 Å². The monoisotopic (exact) mass is 298 g/mol. The van der Waals surface area contributed by atoms with Gasteiger partial charge in [0.05, 0.1) is 10.7 Å². The molecular weight excluding hydrogens is 283 g/mol. The van der Waals surface area contributed by atoms with Gasteiger partial charge in [0, 0.05) is 23.4 Å². The van der Waals surface area contributed by atoms with E-state index in [4.69, 9.17) is 5.73 Å². The van der Waals surface area contributed by atoms with E-state index in [1.54, 1.807) is 23.5 Å². The van der Waals surface area contributed by atoms with Crippen LogP contribution in [0.5, 0.6) is 0 Å². The number of thiazole rings is 1. The predicted molar refractivity (Wildman–Crippen MR) is 84.6 cm³/mol. The van der Waals surface area contributed by atoms with Crippen LogP contribution in [0.1, 0.15) is 16.6 Å². The first-order valence-electron chi connectivity index (χ1n) is 6.73. The molecule has 3 rings (SSSR count). The zero-order valence-electron chi connectivity index (χ0n) is 11.4. The molecule has 2 N–H and O–H groups in total. The second-order valence-electron chi connectivity index (χ2n) is 4.85. The minimum atomic E-state index is -0.236. The number of hydrogen-bond donors (Lipinski definition) is 1. The van der Waals surface area contributed by atoms with Crippen LogP contribution in [-0.2, 0) is 6.42 Å². The Kier molecular flexibility index (Phi) is 4.08. The van der Waals surface area contributed by atoms with Gasteiger partial charge in [-0.1, -0.05) is 30.3 Å². The molecule has 0 aliphatic heterocycles. The van der Waals surface area contributed by atoms with Crippen LogP contribution in [0.25, 0.3) is 11.3 Å². The van der Waals surface area contributed by atoms with Gasteiger partial charge in [-0.05, 0) is 29.8 Å². The van der Waals surface area contributed by atoms with Gasteiger partial charge in [0.25, 0.3) is 0 Å². The Hall–Kier alpha value is -2.04. The summed E-state index contributed by atoms with van der Waals surface area (Å²) in [5.41, 5.74) is 9.11. The molecule has 0 saturated heterocycles. The van der Waals surface area contributed by atoms with E-state index in [1.807, 2.05) is 35.7 Å². The first kappa shape index (κ1) is 13.9. The fraction of sp³-hybridized carbons (Fsp3) is 0.118. The van der Waals surface area contributed by atoms with E-state index in [2.05, 4.69) is 4.98 Å². The molecule has 0 aliphatic carbocycles. The maximum atomic E-state index is 12.9. The van der Waals surface area contributed by atoms with Crippen LogP contribution in [0, 0.1) is 5.82 Å².